The van der Waals surface area contributed by atoms with E-state index in [1.807, 2.05) is 12.3 Å². The van der Waals surface area contributed by atoms with Gasteiger partial charge in [0.05, 0.1) is 31.0 Å². The molecule has 0 aromatic carbocycles. The number of morpholine rings is 1. The van der Waals surface area contributed by atoms with Gasteiger partial charge in [0.1, 0.15) is 0 Å². The zero-order chi connectivity index (χ0) is 21.8. The van der Waals surface area contributed by atoms with E-state index in [0.29, 0.717) is 0 Å². The van der Waals surface area contributed by atoms with E-state index in [1.165, 1.54) is 17.0 Å². The van der Waals surface area contributed by atoms with Crippen LogP contribution in [0.5, 0.6) is 0 Å². The fourth-order valence-electron chi connectivity index (χ4n) is 4.97. The highest BCUT2D eigenvalue weighted by Gasteiger charge is 2.40. The molecule has 7 heteroatoms. The summed E-state index contributed by atoms with van der Waals surface area (Å²) in [6, 6.07) is 8.73. The van der Waals surface area contributed by atoms with Crippen LogP contribution in [0, 0.1) is 13.8 Å². The first-order valence-electron chi connectivity index (χ1n) is 11.5. The molecule has 0 amide bonds. The Balaban J connectivity index is 1.56. The third kappa shape index (κ3) is 4.78. The van der Waals surface area contributed by atoms with Crippen molar-refractivity contribution in [2.45, 2.75) is 52.2 Å². The topological polar surface area (TPSA) is 45.6 Å². The van der Waals surface area contributed by atoms with Crippen LogP contribution >= 0.6 is 12.2 Å². The van der Waals surface area contributed by atoms with Gasteiger partial charge in [-0.3, -0.25) is 9.88 Å². The molecule has 0 aliphatic carbocycles. The number of aromatic nitrogens is 2. The van der Waals surface area contributed by atoms with Gasteiger partial charge in [0.15, 0.2) is 5.11 Å². The third-order valence-electron chi connectivity index (χ3n) is 6.55. The lowest BCUT2D eigenvalue weighted by Crippen LogP contribution is -2.37. The van der Waals surface area contributed by atoms with E-state index >= 15 is 0 Å². The largest absolute Gasteiger partial charge is 0.379 e. The SMILES string of the molecule is CCCN1C(=S)NC(c2ccccn2)C1c1cc(C)n(CCCN2CCOCC2)c1C. The summed E-state index contributed by atoms with van der Waals surface area (Å²) in [6.07, 6.45) is 4.08. The number of rotatable bonds is 8. The number of nitrogens with one attached hydrogen (secondary N) is 1. The summed E-state index contributed by atoms with van der Waals surface area (Å²) in [5.74, 6) is 0. The summed E-state index contributed by atoms with van der Waals surface area (Å²) in [5.41, 5.74) is 5.08. The van der Waals surface area contributed by atoms with Crippen molar-refractivity contribution in [2.75, 3.05) is 39.4 Å². The first-order chi connectivity index (χ1) is 15.1. The molecule has 2 unspecified atom stereocenters. The van der Waals surface area contributed by atoms with Crippen molar-refractivity contribution in [1.82, 2.24) is 24.7 Å². The smallest absolute Gasteiger partial charge is 0.170 e. The molecule has 2 saturated heterocycles. The molecule has 4 heterocycles. The number of thiocarbonyl (C=S) groups is 1. The number of hydrogen-bond acceptors (Lipinski definition) is 4. The minimum Gasteiger partial charge on any atom is -0.379 e. The van der Waals surface area contributed by atoms with Gasteiger partial charge in [0.25, 0.3) is 0 Å². The van der Waals surface area contributed by atoms with Gasteiger partial charge in [-0.2, -0.15) is 0 Å². The number of ether oxygens (including phenoxy) is 1. The highest BCUT2D eigenvalue weighted by Crippen LogP contribution is 2.40. The van der Waals surface area contributed by atoms with E-state index in [-0.39, 0.29) is 12.1 Å². The van der Waals surface area contributed by atoms with Crippen molar-refractivity contribution in [2.24, 2.45) is 0 Å². The maximum atomic E-state index is 5.75. The molecule has 2 atom stereocenters. The Morgan fingerprint density at radius 1 is 1.16 bits per heavy atom. The van der Waals surface area contributed by atoms with Crippen LogP contribution in [-0.4, -0.2) is 63.9 Å². The molecule has 4 rings (SSSR count). The molecule has 0 radical (unpaired) electrons. The van der Waals surface area contributed by atoms with Gasteiger partial charge in [-0.05, 0) is 62.7 Å². The molecule has 0 bridgehead atoms. The minimum atomic E-state index is 0.0718. The van der Waals surface area contributed by atoms with Gasteiger partial charge in [0.2, 0.25) is 0 Å². The standard InChI is InChI=1S/C24H35N5OS/c1-4-10-29-23(22(26-24(29)31)21-8-5-6-9-25-21)20-17-18(2)28(19(20)3)12-7-11-27-13-15-30-16-14-27/h5-6,8-9,17,22-23H,4,7,10-16H2,1-3H3,(H,26,31). The van der Waals surface area contributed by atoms with Crippen LogP contribution in [-0.2, 0) is 11.3 Å². The van der Waals surface area contributed by atoms with Crippen LogP contribution in [0.3, 0.4) is 0 Å². The Hall–Kier alpha value is -1.96. The first kappa shape index (κ1) is 22.2. The molecule has 6 nitrogen and oxygen atoms in total. The third-order valence-corrected chi connectivity index (χ3v) is 6.91. The van der Waals surface area contributed by atoms with Crippen molar-refractivity contribution in [3.63, 3.8) is 0 Å². The van der Waals surface area contributed by atoms with E-state index in [0.717, 1.165) is 69.6 Å². The average Bonchev–Trinajstić information content (AvgIpc) is 3.26. The molecule has 2 fully saturated rings. The van der Waals surface area contributed by atoms with Crippen molar-refractivity contribution >= 4 is 17.3 Å². The van der Waals surface area contributed by atoms with E-state index in [2.05, 4.69) is 63.6 Å². The molecule has 2 aliphatic heterocycles. The summed E-state index contributed by atoms with van der Waals surface area (Å²) >= 11 is 5.75. The monoisotopic (exact) mass is 441 g/mol. The molecule has 0 saturated carbocycles. The Kier molecular flexibility index (Phi) is 7.25. The second-order valence-corrected chi connectivity index (χ2v) is 8.99. The van der Waals surface area contributed by atoms with Crippen molar-refractivity contribution in [3.05, 3.63) is 53.1 Å². The minimum absolute atomic E-state index is 0.0718. The average molecular weight is 442 g/mol. The highest BCUT2D eigenvalue weighted by molar-refractivity contribution is 7.80. The van der Waals surface area contributed by atoms with Crippen LogP contribution < -0.4 is 5.32 Å². The predicted octanol–water partition coefficient (Wildman–Crippen LogP) is 3.60. The number of hydrogen-bond donors (Lipinski definition) is 1. The van der Waals surface area contributed by atoms with E-state index in [4.69, 9.17) is 17.0 Å². The molecule has 168 valence electrons. The Bertz CT molecular complexity index is 878. The molecule has 31 heavy (non-hydrogen) atoms. The van der Waals surface area contributed by atoms with Crippen LogP contribution in [0.25, 0.3) is 0 Å². The summed E-state index contributed by atoms with van der Waals surface area (Å²) < 4.78 is 7.96. The van der Waals surface area contributed by atoms with Gasteiger partial charge in [-0.15, -0.1) is 0 Å². The second-order valence-electron chi connectivity index (χ2n) is 8.61. The fourth-order valence-corrected chi connectivity index (χ4v) is 5.31. The van der Waals surface area contributed by atoms with Crippen LogP contribution in [0.2, 0.25) is 0 Å². The maximum absolute atomic E-state index is 5.75. The molecule has 2 aliphatic rings. The Labute approximate surface area is 191 Å². The number of aryl methyl sites for hydroxylation is 1. The molecular weight excluding hydrogens is 406 g/mol. The van der Waals surface area contributed by atoms with Crippen molar-refractivity contribution in [3.8, 4) is 0 Å². The van der Waals surface area contributed by atoms with Gasteiger partial charge >= 0.3 is 0 Å². The van der Waals surface area contributed by atoms with Crippen LogP contribution in [0.4, 0.5) is 0 Å². The summed E-state index contributed by atoms with van der Waals surface area (Å²) in [6.45, 7) is 13.7. The van der Waals surface area contributed by atoms with E-state index in [9.17, 15) is 0 Å². The lowest BCUT2D eigenvalue weighted by molar-refractivity contribution is 0.0369. The lowest BCUT2D eigenvalue weighted by atomic mass is 9.96. The highest BCUT2D eigenvalue weighted by atomic mass is 32.1. The molecule has 2 aromatic heterocycles. The van der Waals surface area contributed by atoms with E-state index in [1.54, 1.807) is 0 Å². The maximum Gasteiger partial charge on any atom is 0.170 e. The van der Waals surface area contributed by atoms with E-state index < -0.39 is 0 Å². The summed E-state index contributed by atoms with van der Waals surface area (Å²) in [5, 5.41) is 4.40. The lowest BCUT2D eigenvalue weighted by Gasteiger charge is -2.28. The van der Waals surface area contributed by atoms with Crippen molar-refractivity contribution < 1.29 is 4.74 Å². The molecule has 0 spiro atoms. The van der Waals surface area contributed by atoms with Gasteiger partial charge in [-0.1, -0.05) is 13.0 Å². The number of pyridine rings is 1. The quantitative estimate of drug-likeness (QED) is 0.632. The summed E-state index contributed by atoms with van der Waals surface area (Å²) in [7, 11) is 0. The Morgan fingerprint density at radius 3 is 2.68 bits per heavy atom. The zero-order valence-electron chi connectivity index (χ0n) is 19.0. The van der Waals surface area contributed by atoms with Gasteiger partial charge < -0.3 is 19.5 Å². The molecule has 2 aromatic rings. The van der Waals surface area contributed by atoms with Crippen LogP contribution in [0.15, 0.2) is 30.5 Å². The van der Waals surface area contributed by atoms with Gasteiger partial charge in [-0.25, -0.2) is 0 Å². The normalized spacial score (nSPS) is 22.2. The van der Waals surface area contributed by atoms with Gasteiger partial charge in [0, 0.05) is 50.3 Å². The second kappa shape index (κ2) is 10.1. The number of nitrogens with zero attached hydrogens (tertiary/aromatic N) is 4. The summed E-state index contributed by atoms with van der Waals surface area (Å²) in [4.78, 5) is 9.52. The predicted molar refractivity (Wildman–Crippen MR) is 128 cm³/mol. The fraction of sp³-hybridized carbons (Fsp3) is 0.583. The first-order valence-corrected chi connectivity index (χ1v) is 12.0. The zero-order valence-corrected chi connectivity index (χ0v) is 19.8. The Morgan fingerprint density at radius 2 is 1.97 bits per heavy atom. The van der Waals surface area contributed by atoms with Crippen molar-refractivity contribution in [1.29, 1.82) is 0 Å². The molecule has 1 N–H and O–H groups in total. The van der Waals surface area contributed by atoms with Crippen LogP contribution in [0.1, 0.15) is 54.5 Å². The molecular formula is C24H35N5OS.